The van der Waals surface area contributed by atoms with Gasteiger partial charge in [0, 0.05) is 17.9 Å². The summed E-state index contributed by atoms with van der Waals surface area (Å²) in [6, 6.07) is 14.2. The Morgan fingerprint density at radius 1 is 0.880 bits per heavy atom. The Kier molecular flexibility index (Phi) is 14.0. The third-order valence-electron chi connectivity index (χ3n) is 10.4. The average molecular weight is 750 g/mol. The van der Waals surface area contributed by atoms with Crippen molar-refractivity contribution in [3.8, 4) is 0 Å². The normalized spacial score (nSPS) is 22.2. The van der Waals surface area contributed by atoms with Gasteiger partial charge in [-0.2, -0.15) is 0 Å². The first kappa shape index (κ1) is 40.7. The fraction of sp³-hybridized carbons (Fsp3) is 0.622. The predicted molar refractivity (Wildman–Crippen MR) is 206 cm³/mol. The molecule has 13 heteroatoms. The minimum absolute atomic E-state index is 0.0430. The maximum absolute atomic E-state index is 14.0. The van der Waals surface area contributed by atoms with Crippen molar-refractivity contribution < 1.29 is 32.0 Å². The van der Waals surface area contributed by atoms with Gasteiger partial charge in [-0.15, -0.1) is 0 Å². The molecule has 0 heterocycles. The summed E-state index contributed by atoms with van der Waals surface area (Å²) in [5.41, 5.74) is 4.93. The van der Waals surface area contributed by atoms with Crippen molar-refractivity contribution in [3.05, 3.63) is 59.2 Å². The van der Waals surface area contributed by atoms with Crippen LogP contribution < -0.4 is 16.0 Å². The predicted octanol–water partition coefficient (Wildman–Crippen LogP) is 9.60. The third kappa shape index (κ3) is 8.74. The molecule has 0 unspecified atom stereocenters. The molecule has 0 saturated heterocycles. The molecule has 0 radical (unpaired) electrons. The van der Waals surface area contributed by atoms with E-state index >= 15 is 0 Å². The number of rotatable bonds is 16. The molecule has 1 saturated carbocycles. The first-order valence-corrected chi connectivity index (χ1v) is 21.7. The van der Waals surface area contributed by atoms with Crippen molar-refractivity contribution in [3.63, 3.8) is 0 Å². The van der Waals surface area contributed by atoms with E-state index in [0.29, 0.717) is 17.3 Å². The van der Waals surface area contributed by atoms with Gasteiger partial charge >= 0.3 is 15.2 Å². The Labute approximate surface area is 304 Å². The van der Waals surface area contributed by atoms with Crippen molar-refractivity contribution in [1.29, 1.82) is 0 Å². The van der Waals surface area contributed by atoms with Crippen molar-refractivity contribution in [2.45, 2.75) is 104 Å². The highest BCUT2D eigenvalue weighted by molar-refractivity contribution is 7.80. The maximum Gasteiger partial charge on any atom is 0.347 e. The lowest BCUT2D eigenvalue weighted by molar-refractivity contribution is -0.137. The summed E-state index contributed by atoms with van der Waals surface area (Å²) in [7, 11) is -7.78. The van der Waals surface area contributed by atoms with Crippen LogP contribution in [-0.2, 0) is 43.9 Å². The number of thiocarbonyl (C=S) groups is 1. The first-order chi connectivity index (χ1) is 23.7. The quantitative estimate of drug-likeness (QED) is 0.113. The van der Waals surface area contributed by atoms with Crippen LogP contribution in [0.25, 0.3) is 0 Å². The van der Waals surface area contributed by atoms with Crippen molar-refractivity contribution >= 4 is 49.8 Å². The minimum Gasteiger partial charge on any atom is -0.383 e. The zero-order chi connectivity index (χ0) is 36.7. The second-order valence-electron chi connectivity index (χ2n) is 13.9. The molecule has 2 aromatic carbocycles. The molecule has 0 aliphatic heterocycles. The van der Waals surface area contributed by atoms with Gasteiger partial charge in [0.15, 0.2) is 10.5 Å². The molecule has 0 bridgehead atoms. The monoisotopic (exact) mass is 749 g/mol. The topological polar surface area (TPSA) is 124 Å². The van der Waals surface area contributed by atoms with Gasteiger partial charge in [-0.3, -0.25) is 13.9 Å². The van der Waals surface area contributed by atoms with E-state index in [1.165, 1.54) is 16.7 Å². The highest BCUT2D eigenvalue weighted by atomic mass is 32.1. The fourth-order valence-electron chi connectivity index (χ4n) is 7.97. The van der Waals surface area contributed by atoms with Crippen LogP contribution in [0.15, 0.2) is 42.5 Å². The van der Waals surface area contributed by atoms with Gasteiger partial charge in [0.1, 0.15) is 0 Å². The maximum atomic E-state index is 14.0. The lowest BCUT2D eigenvalue weighted by Crippen LogP contribution is -2.56. The van der Waals surface area contributed by atoms with E-state index in [9.17, 15) is 13.9 Å². The van der Waals surface area contributed by atoms with Crippen molar-refractivity contribution in [1.82, 2.24) is 5.32 Å². The minimum atomic E-state index is -3.89. The van der Waals surface area contributed by atoms with Crippen LogP contribution in [-0.4, -0.2) is 49.4 Å². The second kappa shape index (κ2) is 17.2. The summed E-state index contributed by atoms with van der Waals surface area (Å²) in [6.07, 6.45) is 4.82. The summed E-state index contributed by atoms with van der Waals surface area (Å²) in [5.74, 6) is 0.651. The molecule has 2 aliphatic carbocycles. The standard InChI is InChI=1S/C37H57N3O7P2S/c1-9-44-48(42,45-10-2)33(49(43,46-11-3)47-12-4)25-38-29-16-18-30(19-17-29)39-35(50)40-34(41)37(8)23-13-22-36(7)31-20-14-27(26(5)6)24-28(31)15-21-32(36)37/h14,16-20,24,26,32-33,38H,9-13,15,21-23,25H2,1-8H3,(H2,39,40,41,50)/t32-,36-,37-/m1/s1. The molecule has 2 aliphatic rings. The fourth-order valence-corrected chi connectivity index (χ4v) is 13.3. The summed E-state index contributed by atoms with van der Waals surface area (Å²) in [6.45, 7) is 16.1. The van der Waals surface area contributed by atoms with E-state index in [0.717, 1.165) is 32.1 Å². The molecule has 2 aromatic rings. The lowest BCUT2D eigenvalue weighted by Gasteiger charge is -2.54. The van der Waals surface area contributed by atoms with Crippen molar-refractivity contribution in [2.75, 3.05) is 43.6 Å². The molecule has 278 valence electrons. The number of hydrogen-bond donors (Lipinski definition) is 3. The highest BCUT2D eigenvalue weighted by Gasteiger charge is 2.55. The first-order valence-electron chi connectivity index (χ1n) is 18.1. The van der Waals surface area contributed by atoms with Crippen LogP contribution in [0.3, 0.4) is 0 Å². The van der Waals surface area contributed by atoms with Crippen LogP contribution in [0, 0.1) is 11.3 Å². The van der Waals surface area contributed by atoms with Gasteiger partial charge in [-0.1, -0.05) is 52.3 Å². The van der Waals surface area contributed by atoms with Crippen LogP contribution in [0.5, 0.6) is 0 Å². The Morgan fingerprint density at radius 3 is 1.98 bits per heavy atom. The number of anilines is 2. The van der Waals surface area contributed by atoms with Crippen LogP contribution in [0.1, 0.15) is 104 Å². The molecule has 3 atom stereocenters. The Hall–Kier alpha value is -2.10. The number of benzene rings is 2. The van der Waals surface area contributed by atoms with Gasteiger partial charge in [0.05, 0.1) is 31.8 Å². The van der Waals surface area contributed by atoms with Crippen LogP contribution in [0.4, 0.5) is 11.4 Å². The van der Waals surface area contributed by atoms with Crippen molar-refractivity contribution in [2.24, 2.45) is 11.3 Å². The Morgan fingerprint density at radius 2 is 1.44 bits per heavy atom. The zero-order valence-corrected chi connectivity index (χ0v) is 33.6. The molecule has 4 rings (SSSR count). The number of carbonyl (C=O) groups excluding carboxylic acids is 1. The van der Waals surface area contributed by atoms with Gasteiger partial charge in [0.2, 0.25) is 5.91 Å². The summed E-state index contributed by atoms with van der Waals surface area (Å²) < 4.78 is 50.0. The van der Waals surface area contributed by atoms with E-state index in [-0.39, 0.29) is 55.3 Å². The zero-order valence-electron chi connectivity index (χ0n) is 31.0. The molecular formula is C37H57N3O7P2S. The molecule has 1 amide bonds. The molecule has 10 nitrogen and oxygen atoms in total. The largest absolute Gasteiger partial charge is 0.383 e. The highest BCUT2D eigenvalue weighted by Crippen LogP contribution is 2.70. The molecule has 50 heavy (non-hydrogen) atoms. The number of nitrogens with one attached hydrogen (secondary N) is 3. The molecule has 3 N–H and O–H groups in total. The van der Waals surface area contributed by atoms with E-state index in [4.69, 9.17) is 30.3 Å². The number of hydrogen-bond acceptors (Lipinski definition) is 9. The molecule has 0 spiro atoms. The molecule has 1 fully saturated rings. The van der Waals surface area contributed by atoms with Gasteiger partial charge in [0.25, 0.3) is 0 Å². The molecule has 0 aromatic heterocycles. The van der Waals surface area contributed by atoms with E-state index in [1.807, 2.05) is 12.1 Å². The number of amides is 1. The summed E-state index contributed by atoms with van der Waals surface area (Å²) in [4.78, 5) is 14.0. The lowest BCUT2D eigenvalue weighted by atomic mass is 9.49. The smallest absolute Gasteiger partial charge is 0.347 e. The van der Waals surface area contributed by atoms with E-state index < -0.39 is 26.0 Å². The van der Waals surface area contributed by atoms with Gasteiger partial charge in [-0.05, 0) is 124 Å². The second-order valence-corrected chi connectivity index (χ2v) is 19.2. The number of carbonyl (C=O) groups is 1. The van der Waals surface area contributed by atoms with Gasteiger partial charge < -0.3 is 34.0 Å². The Balaban J connectivity index is 1.43. The number of aryl methyl sites for hydroxylation is 1. The summed E-state index contributed by atoms with van der Waals surface area (Å²) >= 11 is 5.63. The van der Waals surface area contributed by atoms with E-state index in [2.05, 4.69) is 61.8 Å². The van der Waals surface area contributed by atoms with E-state index in [1.54, 1.807) is 39.8 Å². The Bertz CT molecular complexity index is 1540. The van der Waals surface area contributed by atoms with Crippen LogP contribution >= 0.6 is 27.4 Å². The number of fused-ring (bicyclic) bond motifs is 3. The third-order valence-corrected chi connectivity index (χ3v) is 16.6. The summed E-state index contributed by atoms with van der Waals surface area (Å²) in [5, 5.41) is 8.43. The van der Waals surface area contributed by atoms with Crippen LogP contribution in [0.2, 0.25) is 0 Å². The average Bonchev–Trinajstić information content (AvgIpc) is 3.05. The van der Waals surface area contributed by atoms with Gasteiger partial charge in [-0.25, -0.2) is 0 Å². The molecular weight excluding hydrogens is 692 g/mol. The SMILES string of the molecule is CCOP(=O)(OCC)C(CNc1ccc(NC(=S)NC(=O)[C@]2(C)CCC[C@]3(C)c4ccc(C(C)C)cc4CC[C@@H]23)cc1)P(=O)(OCC)OCC.